The minimum Gasteiger partial charge on any atom is -0.485 e. The average molecular weight is 468 g/mol. The van der Waals surface area contributed by atoms with Crippen molar-refractivity contribution < 1.29 is 18.9 Å². The first-order valence-corrected chi connectivity index (χ1v) is 12.1. The van der Waals surface area contributed by atoms with E-state index in [1.807, 2.05) is 48.5 Å². The molecule has 6 rings (SSSR count). The summed E-state index contributed by atoms with van der Waals surface area (Å²) in [5, 5.41) is 17.3. The van der Waals surface area contributed by atoms with Crippen molar-refractivity contribution in [2.45, 2.75) is 23.8 Å². The Morgan fingerprint density at radius 1 is 0.781 bits per heavy atom. The predicted octanol–water partition coefficient (Wildman–Crippen LogP) is 4.06. The van der Waals surface area contributed by atoms with Crippen molar-refractivity contribution in [3.05, 3.63) is 54.4 Å². The van der Waals surface area contributed by atoms with Crippen molar-refractivity contribution in [2.24, 2.45) is 10.2 Å². The van der Waals surface area contributed by atoms with Crippen molar-refractivity contribution in [2.75, 3.05) is 13.2 Å². The van der Waals surface area contributed by atoms with E-state index in [1.165, 1.54) is 21.6 Å². The molecule has 3 aliphatic rings. The number of aromatic nitrogens is 3. The van der Waals surface area contributed by atoms with E-state index >= 15 is 0 Å². The van der Waals surface area contributed by atoms with E-state index in [1.54, 1.807) is 0 Å². The van der Waals surface area contributed by atoms with Crippen LogP contribution in [-0.2, 0) is 0 Å². The van der Waals surface area contributed by atoms with Crippen LogP contribution in [0.2, 0.25) is 0 Å². The molecule has 32 heavy (non-hydrogen) atoms. The summed E-state index contributed by atoms with van der Waals surface area (Å²) < 4.78 is 23.5. The minimum absolute atomic E-state index is 0.238. The van der Waals surface area contributed by atoms with E-state index in [-0.39, 0.29) is 12.2 Å². The zero-order valence-corrected chi connectivity index (χ0v) is 18.3. The van der Waals surface area contributed by atoms with Gasteiger partial charge in [0.15, 0.2) is 41.0 Å². The molecule has 0 radical (unpaired) electrons. The highest BCUT2D eigenvalue weighted by molar-refractivity contribution is 8.82. The zero-order chi connectivity index (χ0) is 21.3. The van der Waals surface area contributed by atoms with Gasteiger partial charge in [-0.05, 0) is 45.9 Å². The quantitative estimate of drug-likeness (QED) is 0.573. The number of H-pyrrole nitrogens is 1. The van der Waals surface area contributed by atoms with Crippen LogP contribution in [-0.4, -0.2) is 45.3 Å². The molecule has 9 nitrogen and oxygen atoms in total. The molecule has 2 unspecified atom stereocenters. The largest absolute Gasteiger partial charge is 0.485 e. The normalized spacial score (nSPS) is 21.1. The number of aromatic amines is 1. The molecule has 3 aromatic rings. The zero-order valence-electron chi connectivity index (χ0n) is 16.6. The van der Waals surface area contributed by atoms with Gasteiger partial charge in [0.05, 0.1) is 5.71 Å². The first-order valence-electron chi connectivity index (χ1n) is 9.99. The number of benzene rings is 2. The molecule has 162 valence electrons. The van der Waals surface area contributed by atoms with Crippen LogP contribution in [0.15, 0.2) is 63.9 Å². The molecule has 3 aliphatic heterocycles. The van der Waals surface area contributed by atoms with Crippen LogP contribution < -0.4 is 18.9 Å². The smallest absolute Gasteiger partial charge is 0.219 e. The molecule has 1 aromatic heterocycles. The van der Waals surface area contributed by atoms with E-state index in [0.717, 1.165) is 28.0 Å². The first-order chi connectivity index (χ1) is 15.8. The van der Waals surface area contributed by atoms with Gasteiger partial charge in [0.2, 0.25) is 5.16 Å². The topological polar surface area (TPSA) is 103 Å². The number of para-hydroxylation sites is 4. The Morgan fingerprint density at radius 3 is 2.19 bits per heavy atom. The Labute approximate surface area is 191 Å². The molecule has 4 heterocycles. The Balaban J connectivity index is 1.02. The first kappa shape index (κ1) is 19.5. The standard InChI is InChI=1S/C21H17N5O4S2/c1-3-7-15-13(5-1)27-10-17(29-15)12-9-19(24-23-12)31-32-21-22-20(25-26-21)18-11-28-14-6-2-4-8-16(14)30-18/h1-8,17-18H,9-11H2,(H,22,25,26). The molecular formula is C21H17N5O4S2. The van der Waals surface area contributed by atoms with E-state index in [2.05, 4.69) is 25.4 Å². The van der Waals surface area contributed by atoms with Crippen LogP contribution >= 0.6 is 21.6 Å². The van der Waals surface area contributed by atoms with Crippen molar-refractivity contribution >= 4 is 32.3 Å². The van der Waals surface area contributed by atoms with Crippen LogP contribution in [0.25, 0.3) is 0 Å². The molecule has 0 fully saturated rings. The maximum absolute atomic E-state index is 6.02. The fourth-order valence-corrected chi connectivity index (χ4v) is 5.12. The molecule has 2 atom stereocenters. The van der Waals surface area contributed by atoms with Crippen LogP contribution in [0.1, 0.15) is 18.3 Å². The van der Waals surface area contributed by atoms with Gasteiger partial charge < -0.3 is 18.9 Å². The fourth-order valence-electron chi connectivity index (χ4n) is 3.43. The van der Waals surface area contributed by atoms with Crippen LogP contribution in [0, 0.1) is 0 Å². The Hall–Kier alpha value is -3.18. The van der Waals surface area contributed by atoms with Gasteiger partial charge in [-0.3, -0.25) is 5.10 Å². The lowest BCUT2D eigenvalue weighted by atomic mass is 10.1. The van der Waals surface area contributed by atoms with Gasteiger partial charge in [0.25, 0.3) is 0 Å². The number of ether oxygens (including phenoxy) is 4. The molecule has 0 aliphatic carbocycles. The summed E-state index contributed by atoms with van der Waals surface area (Å²) in [5.41, 5.74) is 0.852. The summed E-state index contributed by atoms with van der Waals surface area (Å²) >= 11 is 0. The number of fused-ring (bicyclic) bond motifs is 2. The molecule has 11 heteroatoms. The summed E-state index contributed by atoms with van der Waals surface area (Å²) in [7, 11) is 2.89. The van der Waals surface area contributed by atoms with Crippen LogP contribution in [0.3, 0.4) is 0 Å². The molecule has 2 aromatic carbocycles. The second kappa shape index (κ2) is 8.40. The molecule has 1 N–H and O–H groups in total. The number of rotatable bonds is 4. The van der Waals surface area contributed by atoms with Crippen molar-refractivity contribution in [1.29, 1.82) is 0 Å². The maximum atomic E-state index is 6.02. The third-order valence-electron chi connectivity index (χ3n) is 5.01. The summed E-state index contributed by atoms with van der Waals surface area (Å²) in [4.78, 5) is 4.54. The fraction of sp³-hybridized carbons (Fsp3) is 0.238. The molecule has 0 saturated heterocycles. The summed E-state index contributed by atoms with van der Waals surface area (Å²) in [6.45, 7) is 0.799. The Kier molecular flexibility index (Phi) is 5.12. The van der Waals surface area contributed by atoms with E-state index in [0.29, 0.717) is 36.4 Å². The van der Waals surface area contributed by atoms with Gasteiger partial charge in [-0.2, -0.15) is 5.10 Å². The minimum atomic E-state index is -0.332. The summed E-state index contributed by atoms with van der Waals surface area (Å²) in [5.74, 6) is 3.54. The van der Waals surface area contributed by atoms with Gasteiger partial charge >= 0.3 is 0 Å². The average Bonchev–Trinajstić information content (AvgIpc) is 3.52. The van der Waals surface area contributed by atoms with Gasteiger partial charge in [0, 0.05) is 6.42 Å². The molecule has 0 bridgehead atoms. The van der Waals surface area contributed by atoms with E-state index < -0.39 is 0 Å². The van der Waals surface area contributed by atoms with Gasteiger partial charge in [-0.1, -0.05) is 24.3 Å². The number of hydrogen-bond donors (Lipinski definition) is 1. The second-order valence-electron chi connectivity index (χ2n) is 7.16. The Bertz CT molecular complexity index is 1210. The van der Waals surface area contributed by atoms with Crippen molar-refractivity contribution in [3.63, 3.8) is 0 Å². The summed E-state index contributed by atoms with van der Waals surface area (Å²) in [6, 6.07) is 15.2. The van der Waals surface area contributed by atoms with Crippen LogP contribution in [0.5, 0.6) is 23.0 Å². The van der Waals surface area contributed by atoms with E-state index in [4.69, 9.17) is 18.9 Å². The lowest BCUT2D eigenvalue weighted by Gasteiger charge is -2.26. The molecule has 0 saturated carbocycles. The van der Waals surface area contributed by atoms with Gasteiger partial charge in [-0.25, -0.2) is 4.98 Å². The summed E-state index contributed by atoms with van der Waals surface area (Å²) in [6.07, 6.45) is 0.0432. The maximum Gasteiger partial charge on any atom is 0.219 e. The molecule has 0 amide bonds. The van der Waals surface area contributed by atoms with Gasteiger partial charge in [-0.15, -0.1) is 10.2 Å². The second-order valence-corrected chi connectivity index (χ2v) is 9.33. The highest BCUT2D eigenvalue weighted by Gasteiger charge is 2.30. The molecular weight excluding hydrogens is 450 g/mol. The van der Waals surface area contributed by atoms with Crippen LogP contribution in [0.4, 0.5) is 0 Å². The lowest BCUT2D eigenvalue weighted by Crippen LogP contribution is -2.36. The van der Waals surface area contributed by atoms with Crippen molar-refractivity contribution in [1.82, 2.24) is 15.2 Å². The number of nitrogens with zero attached hydrogens (tertiary/aromatic N) is 4. The highest BCUT2D eigenvalue weighted by Crippen LogP contribution is 2.37. The Morgan fingerprint density at radius 2 is 1.44 bits per heavy atom. The monoisotopic (exact) mass is 467 g/mol. The van der Waals surface area contributed by atoms with Gasteiger partial charge in [0.1, 0.15) is 18.3 Å². The number of hydrogen-bond acceptors (Lipinski definition) is 10. The predicted molar refractivity (Wildman–Crippen MR) is 121 cm³/mol. The molecule has 0 spiro atoms. The third-order valence-corrected chi connectivity index (χ3v) is 7.12. The third kappa shape index (κ3) is 3.89. The lowest BCUT2D eigenvalue weighted by molar-refractivity contribution is 0.0852. The highest BCUT2D eigenvalue weighted by atomic mass is 33.1. The SMILES string of the molecule is c1ccc2c(c1)OCC(C1=NN=C(SSc3n[nH]c(C4COc5ccccc5O4)n3)C1)O2. The van der Waals surface area contributed by atoms with E-state index in [9.17, 15) is 0 Å². The number of nitrogens with one attached hydrogen (secondary N) is 1. The van der Waals surface area contributed by atoms with Crippen molar-refractivity contribution in [3.8, 4) is 23.0 Å².